The molecule has 0 amide bonds. The number of anilines is 1. The Morgan fingerprint density at radius 2 is 2.31 bits per heavy atom. The predicted molar refractivity (Wildman–Crippen MR) is 64.6 cm³/mol. The molecule has 0 radical (unpaired) electrons. The van der Waals surface area contributed by atoms with Crippen LogP contribution in [0, 0.1) is 5.92 Å². The first-order chi connectivity index (χ1) is 7.83. The molecule has 88 valence electrons. The average molecular weight is 220 g/mol. The maximum absolute atomic E-state index is 4.26. The summed E-state index contributed by atoms with van der Waals surface area (Å²) in [6.07, 6.45) is 8.17. The highest BCUT2D eigenvalue weighted by molar-refractivity contribution is 5.42. The predicted octanol–water partition coefficient (Wildman–Crippen LogP) is 0.998. The van der Waals surface area contributed by atoms with E-state index in [-0.39, 0.29) is 0 Å². The summed E-state index contributed by atoms with van der Waals surface area (Å²) in [6.45, 7) is 3.47. The minimum atomic E-state index is 0.697. The molecule has 16 heavy (non-hydrogen) atoms. The average Bonchev–Trinajstić information content (AvgIpc) is 3.05. The van der Waals surface area contributed by atoms with E-state index >= 15 is 0 Å². The van der Waals surface area contributed by atoms with E-state index in [1.165, 1.54) is 24.9 Å². The van der Waals surface area contributed by atoms with Crippen LogP contribution in [0.4, 0.5) is 5.69 Å². The molecular weight excluding hydrogens is 200 g/mol. The molecule has 0 bridgehead atoms. The van der Waals surface area contributed by atoms with Gasteiger partial charge in [-0.2, -0.15) is 5.10 Å². The fourth-order valence-corrected chi connectivity index (χ4v) is 2.57. The summed E-state index contributed by atoms with van der Waals surface area (Å²) in [6, 6.07) is 0.697. The van der Waals surface area contributed by atoms with Crippen LogP contribution in [-0.2, 0) is 7.05 Å². The largest absolute Gasteiger partial charge is 0.367 e. The Hall–Kier alpha value is -1.03. The number of nitrogens with one attached hydrogen (secondary N) is 1. The van der Waals surface area contributed by atoms with Gasteiger partial charge >= 0.3 is 0 Å². The highest BCUT2D eigenvalue weighted by atomic mass is 15.3. The lowest BCUT2D eigenvalue weighted by Gasteiger charge is -2.24. The van der Waals surface area contributed by atoms with Crippen molar-refractivity contribution in [3.8, 4) is 0 Å². The van der Waals surface area contributed by atoms with Crippen molar-refractivity contribution in [3.05, 3.63) is 12.4 Å². The summed E-state index contributed by atoms with van der Waals surface area (Å²) in [5.41, 5.74) is 1.27. The van der Waals surface area contributed by atoms with Gasteiger partial charge in [0.15, 0.2) is 0 Å². The Bertz CT molecular complexity index is 356. The number of aryl methyl sites for hydroxylation is 1. The lowest BCUT2D eigenvalue weighted by Crippen LogP contribution is -2.39. The van der Waals surface area contributed by atoms with E-state index in [0.29, 0.717) is 6.04 Å². The molecule has 1 aromatic rings. The van der Waals surface area contributed by atoms with E-state index in [9.17, 15) is 0 Å². The zero-order chi connectivity index (χ0) is 11.0. The van der Waals surface area contributed by atoms with Crippen LogP contribution < -0.4 is 10.2 Å². The normalized spacial score (nSPS) is 26.8. The van der Waals surface area contributed by atoms with E-state index in [1.807, 2.05) is 17.9 Å². The van der Waals surface area contributed by atoms with E-state index in [0.717, 1.165) is 25.6 Å². The van der Waals surface area contributed by atoms with E-state index in [2.05, 4.69) is 21.5 Å². The fourth-order valence-electron chi connectivity index (χ4n) is 2.57. The highest BCUT2D eigenvalue weighted by Gasteiger charge is 2.33. The maximum Gasteiger partial charge on any atom is 0.0752 e. The van der Waals surface area contributed by atoms with Crippen molar-refractivity contribution >= 4 is 5.69 Å². The monoisotopic (exact) mass is 220 g/mol. The van der Waals surface area contributed by atoms with Gasteiger partial charge in [0.2, 0.25) is 0 Å². The molecule has 1 saturated heterocycles. The Kier molecular flexibility index (Phi) is 2.59. The summed E-state index contributed by atoms with van der Waals surface area (Å²) in [5, 5.41) is 7.94. The molecule has 1 unspecified atom stereocenters. The molecule has 1 N–H and O–H groups in total. The summed E-state index contributed by atoms with van der Waals surface area (Å²) in [7, 11) is 1.98. The summed E-state index contributed by atoms with van der Waals surface area (Å²) in [5.74, 6) is 0.928. The van der Waals surface area contributed by atoms with Gasteiger partial charge in [0.1, 0.15) is 0 Å². The van der Waals surface area contributed by atoms with Crippen LogP contribution in [0.2, 0.25) is 0 Å². The van der Waals surface area contributed by atoms with Gasteiger partial charge in [-0.25, -0.2) is 0 Å². The molecular formula is C12H20N4. The minimum Gasteiger partial charge on any atom is -0.367 e. The molecule has 1 aliphatic heterocycles. The van der Waals surface area contributed by atoms with Crippen molar-refractivity contribution in [2.45, 2.75) is 25.3 Å². The van der Waals surface area contributed by atoms with Gasteiger partial charge in [-0.15, -0.1) is 0 Å². The Morgan fingerprint density at radius 3 is 3.00 bits per heavy atom. The molecule has 2 aliphatic rings. The van der Waals surface area contributed by atoms with Gasteiger partial charge in [-0.05, 0) is 31.7 Å². The van der Waals surface area contributed by atoms with Gasteiger partial charge in [-0.3, -0.25) is 4.68 Å². The van der Waals surface area contributed by atoms with Crippen LogP contribution in [0.5, 0.6) is 0 Å². The van der Waals surface area contributed by atoms with Gasteiger partial charge in [-0.1, -0.05) is 0 Å². The number of hydrogen-bond acceptors (Lipinski definition) is 3. The van der Waals surface area contributed by atoms with Crippen LogP contribution in [0.15, 0.2) is 12.4 Å². The second kappa shape index (κ2) is 4.09. The molecule has 3 rings (SSSR count). The summed E-state index contributed by atoms with van der Waals surface area (Å²) in [4.78, 5) is 2.48. The molecule has 1 atom stereocenters. The van der Waals surface area contributed by atoms with Gasteiger partial charge in [0.25, 0.3) is 0 Å². The zero-order valence-electron chi connectivity index (χ0n) is 9.89. The smallest absolute Gasteiger partial charge is 0.0752 e. The van der Waals surface area contributed by atoms with Crippen molar-refractivity contribution in [2.24, 2.45) is 13.0 Å². The lowest BCUT2D eigenvalue weighted by atomic mass is 10.2. The second-order valence-electron chi connectivity index (χ2n) is 5.07. The van der Waals surface area contributed by atoms with Crippen LogP contribution >= 0.6 is 0 Å². The van der Waals surface area contributed by atoms with Gasteiger partial charge in [0, 0.05) is 32.4 Å². The van der Waals surface area contributed by atoms with Crippen LogP contribution in [0.25, 0.3) is 0 Å². The standard InChI is InChI=1S/C12H20N4/c1-15-8-11(7-14-15)16-6-2-5-13-12(9-16)10-3-4-10/h7-8,10,12-13H,2-6,9H2,1H3. The third-order valence-corrected chi connectivity index (χ3v) is 3.68. The number of nitrogens with zero attached hydrogens (tertiary/aromatic N) is 3. The molecule has 1 aromatic heterocycles. The number of rotatable bonds is 2. The first-order valence-corrected chi connectivity index (χ1v) is 6.30. The van der Waals surface area contributed by atoms with Crippen molar-refractivity contribution in [2.75, 3.05) is 24.5 Å². The molecule has 4 heteroatoms. The Morgan fingerprint density at radius 1 is 1.44 bits per heavy atom. The maximum atomic E-state index is 4.26. The van der Waals surface area contributed by atoms with Gasteiger partial charge in [0.05, 0.1) is 11.9 Å². The van der Waals surface area contributed by atoms with Gasteiger partial charge < -0.3 is 10.2 Å². The first kappa shape index (κ1) is 10.1. The van der Waals surface area contributed by atoms with Crippen LogP contribution in [0.1, 0.15) is 19.3 Å². The molecule has 2 heterocycles. The molecule has 2 fully saturated rings. The highest BCUT2D eigenvalue weighted by Crippen LogP contribution is 2.34. The van der Waals surface area contributed by atoms with Crippen molar-refractivity contribution < 1.29 is 0 Å². The number of hydrogen-bond donors (Lipinski definition) is 1. The minimum absolute atomic E-state index is 0.697. The molecule has 4 nitrogen and oxygen atoms in total. The molecule has 0 aromatic carbocycles. The van der Waals surface area contributed by atoms with Crippen LogP contribution in [0.3, 0.4) is 0 Å². The molecule has 1 saturated carbocycles. The zero-order valence-corrected chi connectivity index (χ0v) is 9.89. The Labute approximate surface area is 96.6 Å². The first-order valence-electron chi connectivity index (χ1n) is 6.30. The van der Waals surface area contributed by atoms with Crippen molar-refractivity contribution in [1.82, 2.24) is 15.1 Å². The lowest BCUT2D eigenvalue weighted by molar-refractivity contribution is 0.490. The fraction of sp³-hybridized carbons (Fsp3) is 0.750. The van der Waals surface area contributed by atoms with E-state index in [1.54, 1.807) is 0 Å². The van der Waals surface area contributed by atoms with E-state index in [4.69, 9.17) is 0 Å². The third-order valence-electron chi connectivity index (χ3n) is 3.68. The van der Waals surface area contributed by atoms with Crippen molar-refractivity contribution in [3.63, 3.8) is 0 Å². The van der Waals surface area contributed by atoms with E-state index < -0.39 is 0 Å². The second-order valence-corrected chi connectivity index (χ2v) is 5.07. The van der Waals surface area contributed by atoms with Crippen molar-refractivity contribution in [1.29, 1.82) is 0 Å². The summed E-state index contributed by atoms with van der Waals surface area (Å²) < 4.78 is 1.89. The Balaban J connectivity index is 1.72. The molecule has 0 spiro atoms. The number of aromatic nitrogens is 2. The topological polar surface area (TPSA) is 33.1 Å². The molecule has 1 aliphatic carbocycles. The summed E-state index contributed by atoms with van der Waals surface area (Å²) >= 11 is 0. The quantitative estimate of drug-likeness (QED) is 0.807. The third kappa shape index (κ3) is 2.07. The SMILES string of the molecule is Cn1cc(N2CCCNC(C3CC3)C2)cn1. The van der Waals surface area contributed by atoms with Crippen LogP contribution in [-0.4, -0.2) is 35.5 Å².